The van der Waals surface area contributed by atoms with E-state index in [0.29, 0.717) is 17.4 Å². The summed E-state index contributed by atoms with van der Waals surface area (Å²) >= 11 is 5.88. The number of ether oxygens (including phenoxy) is 2. The molecule has 1 aromatic carbocycles. The first-order valence-corrected chi connectivity index (χ1v) is 5.38. The maximum absolute atomic E-state index is 5.88. The van der Waals surface area contributed by atoms with Crippen LogP contribution in [0.15, 0.2) is 30.6 Å². The predicted octanol–water partition coefficient (Wildman–Crippen LogP) is 3.24. The highest BCUT2D eigenvalue weighted by Crippen LogP contribution is 2.34. The molecule has 0 aliphatic carbocycles. The van der Waals surface area contributed by atoms with Crippen molar-refractivity contribution in [2.24, 2.45) is 0 Å². The fourth-order valence-electron chi connectivity index (χ4n) is 1.36. The third kappa shape index (κ3) is 2.47. The van der Waals surface area contributed by atoms with E-state index in [0.717, 1.165) is 5.56 Å². The summed E-state index contributed by atoms with van der Waals surface area (Å²) in [4.78, 5) is 7.83. The van der Waals surface area contributed by atoms with Gasteiger partial charge in [-0.2, -0.15) is 4.98 Å². The normalized spacial score (nSPS) is 10.1. The number of nitrogens with zero attached hydrogens (tertiary/aromatic N) is 2. The van der Waals surface area contributed by atoms with Crippen LogP contribution in [0.4, 0.5) is 0 Å². The van der Waals surface area contributed by atoms with Gasteiger partial charge in [0, 0.05) is 0 Å². The molecule has 0 spiro atoms. The number of para-hydroxylation sites is 1. The Hall–Kier alpha value is -1.81. The summed E-state index contributed by atoms with van der Waals surface area (Å²) in [5, 5.41) is 0.228. The van der Waals surface area contributed by atoms with Crippen molar-refractivity contribution in [3.63, 3.8) is 0 Å². The molecule has 0 saturated heterocycles. The first-order valence-electron chi connectivity index (χ1n) is 5.00. The maximum Gasteiger partial charge on any atom is 0.267 e. The van der Waals surface area contributed by atoms with E-state index in [1.54, 1.807) is 0 Å². The summed E-state index contributed by atoms with van der Waals surface area (Å²) in [5.41, 5.74) is 1.00. The van der Waals surface area contributed by atoms with Crippen LogP contribution in [0.3, 0.4) is 0 Å². The van der Waals surface area contributed by atoms with Crippen molar-refractivity contribution in [1.82, 2.24) is 9.97 Å². The topological polar surface area (TPSA) is 44.2 Å². The second-order valence-corrected chi connectivity index (χ2v) is 3.73. The van der Waals surface area contributed by atoms with Gasteiger partial charge in [0.05, 0.1) is 7.11 Å². The number of hydrogen-bond donors (Lipinski definition) is 0. The SMILES string of the molecule is COc1c(Cl)ncnc1Oc1ccccc1C. The molecule has 0 amide bonds. The molecule has 0 aliphatic rings. The molecular weight excluding hydrogens is 240 g/mol. The lowest BCUT2D eigenvalue weighted by molar-refractivity contribution is 0.366. The Morgan fingerprint density at radius 2 is 1.94 bits per heavy atom. The Morgan fingerprint density at radius 3 is 2.65 bits per heavy atom. The summed E-state index contributed by atoms with van der Waals surface area (Å²) in [6.07, 6.45) is 1.33. The van der Waals surface area contributed by atoms with Gasteiger partial charge in [0.15, 0.2) is 5.15 Å². The molecule has 0 N–H and O–H groups in total. The Labute approximate surface area is 104 Å². The molecule has 2 rings (SSSR count). The Bertz CT molecular complexity index is 532. The molecular formula is C12H11ClN2O2. The van der Waals surface area contributed by atoms with Crippen molar-refractivity contribution in [2.75, 3.05) is 7.11 Å². The molecule has 0 radical (unpaired) electrons. The molecule has 0 saturated carbocycles. The van der Waals surface area contributed by atoms with Crippen LogP contribution in [0.25, 0.3) is 0 Å². The van der Waals surface area contributed by atoms with E-state index >= 15 is 0 Å². The van der Waals surface area contributed by atoms with Crippen LogP contribution in [-0.4, -0.2) is 17.1 Å². The third-order valence-electron chi connectivity index (χ3n) is 2.23. The molecule has 5 heteroatoms. The second kappa shape index (κ2) is 5.01. The van der Waals surface area contributed by atoms with E-state index in [-0.39, 0.29) is 5.15 Å². The molecule has 2 aromatic rings. The van der Waals surface area contributed by atoms with Gasteiger partial charge in [0.2, 0.25) is 5.75 Å². The van der Waals surface area contributed by atoms with Gasteiger partial charge in [-0.25, -0.2) is 4.98 Å². The van der Waals surface area contributed by atoms with Crippen LogP contribution in [0.1, 0.15) is 5.56 Å². The van der Waals surface area contributed by atoms with Gasteiger partial charge in [-0.1, -0.05) is 29.8 Å². The molecule has 0 unspecified atom stereocenters. The Kier molecular flexibility index (Phi) is 3.44. The fourth-order valence-corrected chi connectivity index (χ4v) is 1.56. The lowest BCUT2D eigenvalue weighted by Gasteiger charge is -2.10. The van der Waals surface area contributed by atoms with Gasteiger partial charge in [-0.15, -0.1) is 0 Å². The highest BCUT2D eigenvalue weighted by molar-refractivity contribution is 6.31. The first kappa shape index (κ1) is 11.7. The van der Waals surface area contributed by atoms with Crippen molar-refractivity contribution in [3.8, 4) is 17.4 Å². The summed E-state index contributed by atoms with van der Waals surface area (Å²) in [6, 6.07) is 7.62. The molecule has 17 heavy (non-hydrogen) atoms. The highest BCUT2D eigenvalue weighted by atomic mass is 35.5. The van der Waals surface area contributed by atoms with E-state index in [1.807, 2.05) is 31.2 Å². The summed E-state index contributed by atoms with van der Waals surface area (Å²) in [7, 11) is 1.50. The minimum absolute atomic E-state index is 0.228. The smallest absolute Gasteiger partial charge is 0.267 e. The molecule has 0 atom stereocenters. The van der Waals surface area contributed by atoms with Crippen molar-refractivity contribution >= 4 is 11.6 Å². The van der Waals surface area contributed by atoms with Crippen LogP contribution in [-0.2, 0) is 0 Å². The molecule has 1 aromatic heterocycles. The Morgan fingerprint density at radius 1 is 1.18 bits per heavy atom. The number of aromatic nitrogens is 2. The second-order valence-electron chi connectivity index (χ2n) is 3.37. The average molecular weight is 251 g/mol. The van der Waals surface area contributed by atoms with Crippen LogP contribution < -0.4 is 9.47 Å². The van der Waals surface area contributed by atoms with Crippen LogP contribution in [0.5, 0.6) is 17.4 Å². The van der Waals surface area contributed by atoms with Crippen molar-refractivity contribution in [2.45, 2.75) is 6.92 Å². The number of aryl methyl sites for hydroxylation is 1. The molecule has 1 heterocycles. The largest absolute Gasteiger partial charge is 0.489 e. The minimum Gasteiger partial charge on any atom is -0.489 e. The van der Waals surface area contributed by atoms with E-state index in [4.69, 9.17) is 21.1 Å². The van der Waals surface area contributed by atoms with Gasteiger partial charge >= 0.3 is 0 Å². The first-order chi connectivity index (χ1) is 8.22. The summed E-state index contributed by atoms with van der Waals surface area (Å²) in [5.74, 6) is 1.35. The van der Waals surface area contributed by atoms with Crippen LogP contribution >= 0.6 is 11.6 Å². The molecule has 0 aliphatic heterocycles. The van der Waals surface area contributed by atoms with Crippen molar-refractivity contribution < 1.29 is 9.47 Å². The fraction of sp³-hybridized carbons (Fsp3) is 0.167. The molecule has 88 valence electrons. The summed E-state index contributed by atoms with van der Waals surface area (Å²) < 4.78 is 10.8. The molecule has 0 bridgehead atoms. The molecule has 0 fully saturated rings. The van der Waals surface area contributed by atoms with Gasteiger partial charge in [0.25, 0.3) is 5.88 Å². The quantitative estimate of drug-likeness (QED) is 0.785. The zero-order valence-electron chi connectivity index (χ0n) is 9.48. The van der Waals surface area contributed by atoms with Gasteiger partial charge in [0.1, 0.15) is 12.1 Å². The van der Waals surface area contributed by atoms with Gasteiger partial charge in [-0.05, 0) is 18.6 Å². The average Bonchev–Trinajstić information content (AvgIpc) is 2.32. The van der Waals surface area contributed by atoms with Crippen molar-refractivity contribution in [3.05, 3.63) is 41.3 Å². The number of benzene rings is 1. The standard InChI is InChI=1S/C12H11ClN2O2/c1-8-5-3-4-6-9(8)17-12-10(16-2)11(13)14-7-15-12/h3-7H,1-2H3. The van der Waals surface area contributed by atoms with E-state index < -0.39 is 0 Å². The zero-order valence-corrected chi connectivity index (χ0v) is 10.2. The lowest BCUT2D eigenvalue weighted by atomic mass is 10.2. The van der Waals surface area contributed by atoms with E-state index in [1.165, 1.54) is 13.4 Å². The number of halogens is 1. The number of hydrogen-bond acceptors (Lipinski definition) is 4. The minimum atomic E-state index is 0.228. The zero-order chi connectivity index (χ0) is 12.3. The van der Waals surface area contributed by atoms with Crippen molar-refractivity contribution in [1.29, 1.82) is 0 Å². The predicted molar refractivity (Wildman–Crippen MR) is 64.8 cm³/mol. The maximum atomic E-state index is 5.88. The van der Waals surface area contributed by atoms with Gasteiger partial charge < -0.3 is 9.47 Å². The summed E-state index contributed by atoms with van der Waals surface area (Å²) in [6.45, 7) is 1.95. The monoisotopic (exact) mass is 250 g/mol. The van der Waals surface area contributed by atoms with Gasteiger partial charge in [-0.3, -0.25) is 0 Å². The number of methoxy groups -OCH3 is 1. The number of rotatable bonds is 3. The van der Waals surface area contributed by atoms with Crippen LogP contribution in [0, 0.1) is 6.92 Å². The Balaban J connectivity index is 2.37. The van der Waals surface area contributed by atoms with Crippen LogP contribution in [0.2, 0.25) is 5.15 Å². The lowest BCUT2D eigenvalue weighted by Crippen LogP contribution is -1.96. The molecule has 4 nitrogen and oxygen atoms in total. The third-order valence-corrected chi connectivity index (χ3v) is 2.50. The van der Waals surface area contributed by atoms with E-state index in [2.05, 4.69) is 9.97 Å². The highest BCUT2D eigenvalue weighted by Gasteiger charge is 2.13. The van der Waals surface area contributed by atoms with E-state index in [9.17, 15) is 0 Å².